The first-order valence-electron chi connectivity index (χ1n) is 10.9. The number of carbonyl (C=O) groups is 1. The van der Waals surface area contributed by atoms with E-state index >= 15 is 0 Å². The van der Waals surface area contributed by atoms with Crippen LogP contribution in [0, 0.1) is 5.92 Å². The Morgan fingerprint density at radius 2 is 1.57 bits per heavy atom. The van der Waals surface area contributed by atoms with Crippen molar-refractivity contribution in [2.75, 3.05) is 6.61 Å². The third kappa shape index (κ3) is 5.04. The lowest BCUT2D eigenvalue weighted by Crippen LogP contribution is -2.50. The van der Waals surface area contributed by atoms with Gasteiger partial charge in [0.25, 0.3) is 0 Å². The van der Waals surface area contributed by atoms with Gasteiger partial charge in [0.1, 0.15) is 5.60 Å². The summed E-state index contributed by atoms with van der Waals surface area (Å²) in [5, 5.41) is 10.2. The minimum absolute atomic E-state index is 0.0162. The Morgan fingerprint density at radius 1 is 1.07 bits per heavy atom. The Balaban J connectivity index is 1.98. The standard InChI is InChI=1S/C26H35NO3/c1-25(2,3)30-24(29)27-23(21(18-28)17-26(27,4)5)16-22(19-12-8-6-9-13-19)20-14-10-7-11-15-20/h6-15,21-23,28H,16-18H2,1-5H3. The Kier molecular flexibility index (Phi) is 6.56. The van der Waals surface area contributed by atoms with Gasteiger partial charge in [0.05, 0.1) is 0 Å². The third-order valence-corrected chi connectivity index (χ3v) is 6.00. The van der Waals surface area contributed by atoms with Crippen LogP contribution in [0.15, 0.2) is 60.7 Å². The van der Waals surface area contributed by atoms with Crippen molar-refractivity contribution in [1.82, 2.24) is 4.90 Å². The van der Waals surface area contributed by atoms with Crippen molar-refractivity contribution < 1.29 is 14.6 Å². The van der Waals surface area contributed by atoms with Crippen LogP contribution in [0.25, 0.3) is 0 Å². The molecule has 2 aromatic carbocycles. The fraction of sp³-hybridized carbons (Fsp3) is 0.500. The number of hydrogen-bond donors (Lipinski definition) is 1. The van der Waals surface area contributed by atoms with Crippen LogP contribution in [0.3, 0.4) is 0 Å². The van der Waals surface area contributed by atoms with E-state index in [4.69, 9.17) is 4.74 Å². The van der Waals surface area contributed by atoms with Crippen LogP contribution in [0.1, 0.15) is 64.5 Å². The number of amides is 1. The summed E-state index contributed by atoms with van der Waals surface area (Å²) >= 11 is 0. The van der Waals surface area contributed by atoms with Crippen molar-refractivity contribution in [3.63, 3.8) is 0 Å². The average molecular weight is 410 g/mol. The number of ether oxygens (including phenoxy) is 1. The molecule has 1 fully saturated rings. The lowest BCUT2D eigenvalue weighted by atomic mass is 9.82. The lowest BCUT2D eigenvalue weighted by molar-refractivity contribution is 0.000377. The van der Waals surface area contributed by atoms with Gasteiger partial charge in [-0.15, -0.1) is 0 Å². The van der Waals surface area contributed by atoms with E-state index in [1.807, 2.05) is 37.8 Å². The van der Waals surface area contributed by atoms with Crippen molar-refractivity contribution in [3.8, 4) is 0 Å². The molecule has 1 aliphatic rings. The van der Waals surface area contributed by atoms with Gasteiger partial charge in [-0.3, -0.25) is 4.90 Å². The van der Waals surface area contributed by atoms with Crippen LogP contribution in [0.4, 0.5) is 4.79 Å². The Labute approximate surface area is 180 Å². The quantitative estimate of drug-likeness (QED) is 0.699. The zero-order valence-electron chi connectivity index (χ0n) is 18.8. The second-order valence-corrected chi connectivity index (χ2v) is 9.99. The number of likely N-dealkylation sites (tertiary alicyclic amines) is 1. The van der Waals surface area contributed by atoms with E-state index in [0.717, 1.165) is 12.8 Å². The number of carbonyl (C=O) groups excluding carboxylic acids is 1. The summed E-state index contributed by atoms with van der Waals surface area (Å²) in [6.45, 7) is 9.87. The molecule has 0 aromatic heterocycles. The molecule has 2 atom stereocenters. The highest BCUT2D eigenvalue weighted by molar-refractivity contribution is 5.70. The molecule has 0 spiro atoms. The first-order chi connectivity index (χ1) is 14.1. The van der Waals surface area contributed by atoms with Crippen LogP contribution >= 0.6 is 0 Å². The van der Waals surface area contributed by atoms with E-state index in [0.29, 0.717) is 0 Å². The van der Waals surface area contributed by atoms with E-state index in [1.165, 1.54) is 11.1 Å². The second kappa shape index (κ2) is 8.81. The highest BCUT2D eigenvalue weighted by Crippen LogP contribution is 2.44. The average Bonchev–Trinajstić information content (AvgIpc) is 2.95. The molecule has 0 bridgehead atoms. The first-order valence-corrected chi connectivity index (χ1v) is 10.9. The molecule has 4 heteroatoms. The molecule has 1 aliphatic heterocycles. The zero-order valence-corrected chi connectivity index (χ0v) is 18.8. The maximum absolute atomic E-state index is 13.2. The van der Waals surface area contributed by atoms with Crippen molar-refractivity contribution in [2.45, 2.75) is 70.6 Å². The smallest absolute Gasteiger partial charge is 0.410 e. The molecule has 3 rings (SSSR count). The molecule has 0 saturated carbocycles. The van der Waals surface area contributed by atoms with Crippen molar-refractivity contribution in [3.05, 3.63) is 71.8 Å². The predicted octanol–water partition coefficient (Wildman–Crippen LogP) is 5.61. The maximum Gasteiger partial charge on any atom is 0.410 e. The predicted molar refractivity (Wildman–Crippen MR) is 120 cm³/mol. The van der Waals surface area contributed by atoms with Crippen LogP contribution in [0.2, 0.25) is 0 Å². The van der Waals surface area contributed by atoms with Crippen molar-refractivity contribution >= 4 is 6.09 Å². The number of rotatable bonds is 5. The Hall–Kier alpha value is -2.33. The fourth-order valence-electron chi connectivity index (χ4n) is 4.79. The van der Waals surface area contributed by atoms with E-state index in [2.05, 4.69) is 62.4 Å². The molecular weight excluding hydrogens is 374 g/mol. The van der Waals surface area contributed by atoms with Crippen LogP contribution in [-0.2, 0) is 4.74 Å². The molecular formula is C26H35NO3. The minimum atomic E-state index is -0.562. The number of hydrogen-bond acceptors (Lipinski definition) is 3. The van der Waals surface area contributed by atoms with Gasteiger partial charge >= 0.3 is 6.09 Å². The molecule has 4 nitrogen and oxygen atoms in total. The molecule has 1 saturated heterocycles. The fourth-order valence-corrected chi connectivity index (χ4v) is 4.79. The van der Waals surface area contributed by atoms with Gasteiger partial charge in [0, 0.05) is 30.0 Å². The van der Waals surface area contributed by atoms with E-state index in [1.54, 1.807) is 0 Å². The number of nitrogens with zero attached hydrogens (tertiary/aromatic N) is 1. The summed E-state index contributed by atoms with van der Waals surface area (Å²) in [5.74, 6) is 0.146. The van der Waals surface area contributed by atoms with Gasteiger partial charge < -0.3 is 9.84 Å². The summed E-state index contributed by atoms with van der Waals surface area (Å²) in [5.41, 5.74) is 1.49. The van der Waals surface area contributed by atoms with Crippen LogP contribution < -0.4 is 0 Å². The number of aliphatic hydroxyl groups is 1. The minimum Gasteiger partial charge on any atom is -0.444 e. The summed E-state index contributed by atoms with van der Waals surface area (Å²) in [7, 11) is 0. The maximum atomic E-state index is 13.2. The number of benzene rings is 2. The molecule has 162 valence electrons. The summed E-state index contributed by atoms with van der Waals surface area (Å²) in [6, 6.07) is 20.7. The van der Waals surface area contributed by atoms with Gasteiger partial charge in [-0.05, 0) is 58.6 Å². The molecule has 2 aromatic rings. The van der Waals surface area contributed by atoms with Crippen molar-refractivity contribution in [2.24, 2.45) is 5.92 Å². The summed E-state index contributed by atoms with van der Waals surface area (Å²) in [4.78, 5) is 15.1. The highest BCUT2D eigenvalue weighted by atomic mass is 16.6. The monoisotopic (exact) mass is 409 g/mol. The van der Waals surface area contributed by atoms with Crippen LogP contribution in [0.5, 0.6) is 0 Å². The van der Waals surface area contributed by atoms with Gasteiger partial charge in [-0.2, -0.15) is 0 Å². The molecule has 30 heavy (non-hydrogen) atoms. The third-order valence-electron chi connectivity index (χ3n) is 6.00. The van der Waals surface area contributed by atoms with E-state index in [9.17, 15) is 9.90 Å². The molecule has 2 unspecified atom stereocenters. The molecule has 1 heterocycles. The largest absolute Gasteiger partial charge is 0.444 e. The van der Waals surface area contributed by atoms with E-state index < -0.39 is 5.60 Å². The Bertz CT molecular complexity index is 787. The van der Waals surface area contributed by atoms with Gasteiger partial charge in [-0.1, -0.05) is 60.7 Å². The zero-order chi connectivity index (χ0) is 21.9. The number of aliphatic hydroxyl groups excluding tert-OH is 1. The lowest BCUT2D eigenvalue weighted by Gasteiger charge is -2.38. The van der Waals surface area contributed by atoms with Gasteiger partial charge in [-0.25, -0.2) is 4.79 Å². The molecule has 1 amide bonds. The molecule has 0 radical (unpaired) electrons. The highest BCUT2D eigenvalue weighted by Gasteiger charge is 2.50. The molecule has 0 aliphatic carbocycles. The van der Waals surface area contributed by atoms with E-state index in [-0.39, 0.29) is 36.1 Å². The van der Waals surface area contributed by atoms with Crippen LogP contribution in [-0.4, -0.2) is 39.9 Å². The SMILES string of the molecule is CC(C)(C)OC(=O)N1C(CC(c2ccccc2)c2ccccc2)C(CO)CC1(C)C. The first kappa shape index (κ1) is 22.4. The summed E-state index contributed by atoms with van der Waals surface area (Å²) in [6.07, 6.45) is 1.19. The second-order valence-electron chi connectivity index (χ2n) is 9.99. The molecule has 1 N–H and O–H groups in total. The van der Waals surface area contributed by atoms with Crippen molar-refractivity contribution in [1.29, 1.82) is 0 Å². The van der Waals surface area contributed by atoms with Gasteiger partial charge in [0.2, 0.25) is 0 Å². The summed E-state index contributed by atoms with van der Waals surface area (Å²) < 4.78 is 5.78. The Morgan fingerprint density at radius 3 is 2.00 bits per heavy atom. The topological polar surface area (TPSA) is 49.8 Å². The normalized spacial score (nSPS) is 21.1. The van der Waals surface area contributed by atoms with Gasteiger partial charge in [0.15, 0.2) is 0 Å².